The third-order valence-corrected chi connectivity index (χ3v) is 5.31. The minimum Gasteiger partial charge on any atom is -0.483 e. The highest BCUT2D eigenvalue weighted by atomic mass is 32.1. The van der Waals surface area contributed by atoms with E-state index in [1.165, 1.54) is 18.4 Å². The lowest BCUT2D eigenvalue weighted by Gasteiger charge is -2.10. The summed E-state index contributed by atoms with van der Waals surface area (Å²) in [4.78, 5) is 17.2. The van der Waals surface area contributed by atoms with Crippen LogP contribution in [0.5, 0.6) is 0 Å². The Kier molecular flexibility index (Phi) is 9.05. The average molecular weight is 451 g/mol. The molecule has 0 unspecified atom stereocenters. The molecule has 0 bridgehead atoms. The fraction of sp³-hybridized carbons (Fsp3) is 0.304. The first kappa shape index (κ1) is 24.4. The molecule has 0 aliphatic heterocycles. The minimum atomic E-state index is -4.44. The van der Waals surface area contributed by atoms with Gasteiger partial charge in [0.2, 0.25) is 5.90 Å². The topological polar surface area (TPSA) is 50.7 Å². The van der Waals surface area contributed by atoms with Crippen LogP contribution in [0, 0.1) is 0 Å². The van der Waals surface area contributed by atoms with Gasteiger partial charge in [-0.15, -0.1) is 11.3 Å². The summed E-state index contributed by atoms with van der Waals surface area (Å²) in [5, 5.41) is 3.72. The second kappa shape index (κ2) is 11.5. The van der Waals surface area contributed by atoms with E-state index in [1.807, 2.05) is 30.3 Å². The number of halogens is 3. The van der Waals surface area contributed by atoms with Gasteiger partial charge in [-0.1, -0.05) is 43.4 Å². The monoisotopic (exact) mass is 450 g/mol. The van der Waals surface area contributed by atoms with Gasteiger partial charge >= 0.3 is 6.18 Å². The highest BCUT2D eigenvalue weighted by Gasteiger charge is 2.31. The fourth-order valence-electron chi connectivity index (χ4n) is 2.75. The molecule has 8 heteroatoms. The molecule has 0 atom stereocenters. The number of rotatable bonds is 8. The second-order valence-electron chi connectivity index (χ2n) is 6.53. The van der Waals surface area contributed by atoms with E-state index in [2.05, 4.69) is 10.3 Å². The summed E-state index contributed by atoms with van der Waals surface area (Å²) in [5.41, 5.74) is -0.333. The van der Waals surface area contributed by atoms with Crippen LogP contribution in [0.25, 0.3) is 10.1 Å². The second-order valence-corrected chi connectivity index (χ2v) is 7.61. The maximum absolute atomic E-state index is 13.2. The van der Waals surface area contributed by atoms with Gasteiger partial charge in [0.25, 0.3) is 5.91 Å². The third-order valence-electron chi connectivity index (χ3n) is 4.20. The zero-order chi connectivity index (χ0) is 22.9. The first-order chi connectivity index (χ1) is 14.8. The molecule has 4 nitrogen and oxygen atoms in total. The first-order valence-electron chi connectivity index (χ1n) is 9.73. The van der Waals surface area contributed by atoms with Gasteiger partial charge in [0.15, 0.2) is 0 Å². The molecule has 0 aliphatic rings. The Morgan fingerprint density at radius 1 is 1.29 bits per heavy atom. The number of thiophene rings is 1. The van der Waals surface area contributed by atoms with Crippen LogP contribution in [0.1, 0.15) is 29.9 Å². The van der Waals surface area contributed by atoms with Gasteiger partial charge in [0.1, 0.15) is 0 Å². The van der Waals surface area contributed by atoms with E-state index in [0.29, 0.717) is 10.5 Å². The number of carbonyl (C=O) groups is 1. The molecule has 2 rings (SSSR count). The molecular formula is C23H25F3N2O2S. The summed E-state index contributed by atoms with van der Waals surface area (Å²) in [7, 11) is 1.40. The van der Waals surface area contributed by atoms with Gasteiger partial charge in [0, 0.05) is 4.70 Å². The maximum atomic E-state index is 13.2. The zero-order valence-corrected chi connectivity index (χ0v) is 18.4. The summed E-state index contributed by atoms with van der Waals surface area (Å²) in [6, 6.07) is 9.50. The molecule has 0 aliphatic carbocycles. The number of alkyl halides is 3. The molecule has 1 aromatic carbocycles. The van der Waals surface area contributed by atoms with Crippen molar-refractivity contribution in [1.82, 2.24) is 5.32 Å². The number of fused-ring (bicyclic) bond motifs is 1. The van der Waals surface area contributed by atoms with Gasteiger partial charge in [-0.25, -0.2) is 4.99 Å². The standard InChI is InChI=1S/C23H25F3N2O2S/c1-4-8-16(12-18(9-5-2)23(24,25)26)14-27-21(30-3)15-28-22(29)20-13-17-10-6-7-11-19(17)31-20/h4,6-13H,5,14-15H2,1-3H3,(H,28,29)/b8-4-,16-12+,18-9-,27-21?. The molecule has 1 N–H and O–H groups in total. The molecule has 1 heterocycles. The summed E-state index contributed by atoms with van der Waals surface area (Å²) in [5.74, 6) is -0.0432. The highest BCUT2D eigenvalue weighted by Crippen LogP contribution is 2.28. The van der Waals surface area contributed by atoms with Gasteiger partial charge in [-0.3, -0.25) is 4.79 Å². The predicted octanol–water partition coefficient (Wildman–Crippen LogP) is 6.08. The van der Waals surface area contributed by atoms with Gasteiger partial charge < -0.3 is 10.1 Å². The molecule has 1 amide bonds. The molecule has 166 valence electrons. The lowest BCUT2D eigenvalue weighted by atomic mass is 10.1. The summed E-state index contributed by atoms with van der Waals surface area (Å²) in [6.07, 6.45) is 1.27. The van der Waals surface area contributed by atoms with Crippen molar-refractivity contribution in [3.8, 4) is 0 Å². The van der Waals surface area contributed by atoms with Crippen molar-refractivity contribution < 1.29 is 22.7 Å². The Bertz CT molecular complexity index is 984. The molecule has 2 aromatic rings. The Labute approximate surface area is 183 Å². The van der Waals surface area contributed by atoms with Crippen LogP contribution in [0.15, 0.2) is 70.8 Å². The fourth-order valence-corrected chi connectivity index (χ4v) is 3.72. The third kappa shape index (κ3) is 7.40. The number of carbonyl (C=O) groups excluding carboxylic acids is 1. The van der Waals surface area contributed by atoms with Crippen LogP contribution in [0.4, 0.5) is 13.2 Å². The molecule has 0 saturated heterocycles. The number of amides is 1. The highest BCUT2D eigenvalue weighted by molar-refractivity contribution is 7.20. The summed E-state index contributed by atoms with van der Waals surface area (Å²) >= 11 is 1.38. The number of ether oxygens (including phenoxy) is 1. The van der Waals surface area contributed by atoms with Crippen LogP contribution in [-0.2, 0) is 4.74 Å². The molecule has 1 aromatic heterocycles. The van der Waals surface area contributed by atoms with E-state index in [9.17, 15) is 18.0 Å². The van der Waals surface area contributed by atoms with Crippen molar-refractivity contribution in [3.05, 3.63) is 70.7 Å². The van der Waals surface area contributed by atoms with Crippen LogP contribution < -0.4 is 5.32 Å². The number of hydrogen-bond acceptors (Lipinski definition) is 4. The quantitative estimate of drug-likeness (QED) is 0.301. The van der Waals surface area contributed by atoms with Crippen LogP contribution in [-0.4, -0.2) is 38.2 Å². The molecule has 0 radical (unpaired) electrons. The lowest BCUT2D eigenvalue weighted by molar-refractivity contribution is -0.0884. The van der Waals surface area contributed by atoms with Crippen molar-refractivity contribution in [3.63, 3.8) is 0 Å². The van der Waals surface area contributed by atoms with Crippen molar-refractivity contribution >= 4 is 33.2 Å². The normalized spacial score (nSPS) is 13.8. The lowest BCUT2D eigenvalue weighted by Crippen LogP contribution is -2.30. The van der Waals surface area contributed by atoms with Gasteiger partial charge in [-0.2, -0.15) is 13.2 Å². The Morgan fingerprint density at radius 2 is 2.03 bits per heavy atom. The Morgan fingerprint density at radius 3 is 2.65 bits per heavy atom. The van der Waals surface area contributed by atoms with Crippen LogP contribution in [0.2, 0.25) is 0 Å². The maximum Gasteiger partial charge on any atom is 0.416 e. The van der Waals surface area contributed by atoms with E-state index in [4.69, 9.17) is 4.74 Å². The number of allylic oxidation sites excluding steroid dienone is 4. The van der Waals surface area contributed by atoms with Crippen molar-refractivity contribution in [2.24, 2.45) is 4.99 Å². The van der Waals surface area contributed by atoms with E-state index in [1.54, 1.807) is 26.0 Å². The minimum absolute atomic E-state index is 0.0105. The number of nitrogens with one attached hydrogen (secondary N) is 1. The first-order valence-corrected chi connectivity index (χ1v) is 10.5. The van der Waals surface area contributed by atoms with Gasteiger partial charge in [-0.05, 0) is 42.5 Å². The van der Waals surface area contributed by atoms with E-state index in [-0.39, 0.29) is 31.3 Å². The largest absolute Gasteiger partial charge is 0.483 e. The summed E-state index contributed by atoms with van der Waals surface area (Å²) < 4.78 is 45.7. The zero-order valence-electron chi connectivity index (χ0n) is 17.6. The van der Waals surface area contributed by atoms with Gasteiger partial charge in [0.05, 0.1) is 30.6 Å². The number of hydrogen-bond donors (Lipinski definition) is 1. The Balaban J connectivity index is 2.09. The molecular weight excluding hydrogens is 425 g/mol. The molecule has 31 heavy (non-hydrogen) atoms. The molecule has 0 fully saturated rings. The van der Waals surface area contributed by atoms with Crippen LogP contribution >= 0.6 is 11.3 Å². The predicted molar refractivity (Wildman–Crippen MR) is 121 cm³/mol. The van der Waals surface area contributed by atoms with E-state index in [0.717, 1.165) is 22.2 Å². The van der Waals surface area contributed by atoms with Crippen LogP contribution in [0.3, 0.4) is 0 Å². The number of nitrogens with zero attached hydrogens (tertiary/aromatic N) is 1. The van der Waals surface area contributed by atoms with E-state index < -0.39 is 11.7 Å². The number of benzene rings is 1. The van der Waals surface area contributed by atoms with Crippen molar-refractivity contribution in [2.45, 2.75) is 26.4 Å². The summed E-state index contributed by atoms with van der Waals surface area (Å²) in [6.45, 7) is 3.39. The number of aliphatic imine (C=N–C) groups is 1. The average Bonchev–Trinajstić information content (AvgIpc) is 3.17. The Hall–Kier alpha value is -2.87. The van der Waals surface area contributed by atoms with Crippen molar-refractivity contribution in [2.75, 3.05) is 20.2 Å². The smallest absolute Gasteiger partial charge is 0.416 e. The SMILES string of the molecule is C\C=C/C(=C\C(=C\CC)C(F)(F)F)CN=C(CNC(=O)c1cc2ccccc2s1)OC. The van der Waals surface area contributed by atoms with Crippen molar-refractivity contribution in [1.29, 1.82) is 0 Å². The molecule has 0 saturated carbocycles. The number of methoxy groups -OCH3 is 1. The van der Waals surface area contributed by atoms with E-state index >= 15 is 0 Å². The molecule has 0 spiro atoms.